The number of benzene rings is 1. The van der Waals surface area contributed by atoms with Gasteiger partial charge in [0.15, 0.2) is 0 Å². The van der Waals surface area contributed by atoms with Crippen LogP contribution in [-0.2, 0) is 9.59 Å². The van der Waals surface area contributed by atoms with Gasteiger partial charge in [0.25, 0.3) is 11.1 Å². The normalized spacial score (nSPS) is 18.3. The van der Waals surface area contributed by atoms with Gasteiger partial charge in [0, 0.05) is 0 Å². The predicted octanol–water partition coefficient (Wildman–Crippen LogP) is 3.22. The van der Waals surface area contributed by atoms with Crippen molar-refractivity contribution in [3.8, 4) is 0 Å². The van der Waals surface area contributed by atoms with Gasteiger partial charge < -0.3 is 5.11 Å². The first-order valence-corrected chi connectivity index (χ1v) is 7.76. The summed E-state index contributed by atoms with van der Waals surface area (Å²) in [5, 5.41) is 8.79. The van der Waals surface area contributed by atoms with Gasteiger partial charge in [0.1, 0.15) is 6.04 Å². The summed E-state index contributed by atoms with van der Waals surface area (Å²) in [6, 6.07) is 8.03. The highest BCUT2D eigenvalue weighted by atomic mass is 32.2. The van der Waals surface area contributed by atoms with Gasteiger partial charge in [-0.3, -0.25) is 14.5 Å². The van der Waals surface area contributed by atoms with Gasteiger partial charge in [0.2, 0.25) is 0 Å². The highest BCUT2D eigenvalue weighted by molar-refractivity contribution is 8.18. The second-order valence-corrected chi connectivity index (χ2v) is 6.44. The van der Waals surface area contributed by atoms with Crippen molar-refractivity contribution in [2.24, 2.45) is 5.92 Å². The van der Waals surface area contributed by atoms with Crippen molar-refractivity contribution in [3.05, 3.63) is 40.8 Å². The maximum Gasteiger partial charge on any atom is 0.326 e. The minimum atomic E-state index is -1.16. The molecule has 1 aromatic rings. The highest BCUT2D eigenvalue weighted by Crippen LogP contribution is 2.34. The first kappa shape index (κ1) is 16.3. The second-order valence-electron chi connectivity index (χ2n) is 5.45. The Bertz CT molecular complexity index is 624. The van der Waals surface area contributed by atoms with Crippen LogP contribution in [0.3, 0.4) is 0 Å². The molecule has 0 aromatic heterocycles. The fourth-order valence-corrected chi connectivity index (χ4v) is 3.09. The maximum atomic E-state index is 12.4. The molecule has 0 aliphatic carbocycles. The Kier molecular flexibility index (Phi) is 5.03. The summed E-state index contributed by atoms with van der Waals surface area (Å²) in [4.78, 5) is 37.0. The third-order valence-corrected chi connectivity index (χ3v) is 4.10. The zero-order valence-electron chi connectivity index (χ0n) is 12.4. The van der Waals surface area contributed by atoms with Gasteiger partial charge in [0.05, 0.1) is 4.91 Å². The first-order chi connectivity index (χ1) is 10.4. The minimum Gasteiger partial charge on any atom is -0.480 e. The molecule has 22 heavy (non-hydrogen) atoms. The van der Waals surface area contributed by atoms with Crippen LogP contribution in [0.15, 0.2) is 35.2 Å². The van der Waals surface area contributed by atoms with Crippen molar-refractivity contribution in [3.63, 3.8) is 0 Å². The van der Waals surface area contributed by atoms with Crippen LogP contribution in [0.25, 0.3) is 6.08 Å². The van der Waals surface area contributed by atoms with Crippen LogP contribution >= 0.6 is 11.8 Å². The topological polar surface area (TPSA) is 74.7 Å². The van der Waals surface area contributed by atoms with E-state index in [0.717, 1.165) is 22.2 Å². The molecule has 1 aliphatic heterocycles. The van der Waals surface area contributed by atoms with Crippen molar-refractivity contribution < 1.29 is 19.5 Å². The lowest BCUT2D eigenvalue weighted by Gasteiger charge is -2.22. The summed E-state index contributed by atoms with van der Waals surface area (Å²) >= 11 is 0.785. The Morgan fingerprint density at radius 2 is 1.91 bits per heavy atom. The van der Waals surface area contributed by atoms with Gasteiger partial charge in [-0.25, -0.2) is 4.79 Å². The molecule has 5 nitrogen and oxygen atoms in total. The summed E-state index contributed by atoms with van der Waals surface area (Å²) in [6.45, 7) is 3.71. The van der Waals surface area contributed by atoms with Crippen LogP contribution in [-0.4, -0.2) is 33.2 Å². The number of imide groups is 1. The van der Waals surface area contributed by atoms with Crippen LogP contribution in [0.1, 0.15) is 25.8 Å². The Labute approximate surface area is 133 Å². The predicted molar refractivity (Wildman–Crippen MR) is 85.1 cm³/mol. The van der Waals surface area contributed by atoms with E-state index in [1.54, 1.807) is 6.08 Å². The van der Waals surface area contributed by atoms with Crippen molar-refractivity contribution in [1.82, 2.24) is 4.90 Å². The van der Waals surface area contributed by atoms with E-state index in [4.69, 9.17) is 0 Å². The first-order valence-electron chi connectivity index (χ1n) is 6.95. The van der Waals surface area contributed by atoms with Crippen molar-refractivity contribution in [2.75, 3.05) is 0 Å². The standard InChI is InChI=1S/C16H17NO4S/c1-10(2)8-12(15(19)20)17-14(18)13(22-16(17)21)9-11-6-4-3-5-7-11/h3-7,9-10,12H,8H2,1-2H3,(H,19,20)/b13-9-/t12-/m0/s1. The summed E-state index contributed by atoms with van der Waals surface area (Å²) < 4.78 is 0. The van der Waals surface area contributed by atoms with Crippen LogP contribution in [0.2, 0.25) is 0 Å². The molecule has 0 radical (unpaired) electrons. The quantitative estimate of drug-likeness (QED) is 0.843. The average molecular weight is 319 g/mol. The van der Waals surface area contributed by atoms with E-state index in [0.29, 0.717) is 0 Å². The van der Waals surface area contributed by atoms with E-state index in [1.807, 2.05) is 44.2 Å². The third kappa shape index (κ3) is 3.57. The van der Waals surface area contributed by atoms with E-state index in [-0.39, 0.29) is 17.2 Å². The number of amides is 2. The monoisotopic (exact) mass is 319 g/mol. The van der Waals surface area contributed by atoms with Crippen molar-refractivity contribution in [1.29, 1.82) is 0 Å². The Hall–Kier alpha value is -2.08. The van der Waals surface area contributed by atoms with Gasteiger partial charge >= 0.3 is 5.97 Å². The van der Waals surface area contributed by atoms with Crippen molar-refractivity contribution >= 4 is 35.0 Å². The maximum absolute atomic E-state index is 12.4. The number of thioether (sulfide) groups is 1. The van der Waals surface area contributed by atoms with Crippen LogP contribution in [0.4, 0.5) is 4.79 Å². The molecule has 1 fully saturated rings. The van der Waals surface area contributed by atoms with E-state index in [1.165, 1.54) is 0 Å². The van der Waals surface area contributed by atoms with Gasteiger partial charge in [-0.05, 0) is 35.7 Å². The smallest absolute Gasteiger partial charge is 0.326 e. The lowest BCUT2D eigenvalue weighted by atomic mass is 10.0. The Morgan fingerprint density at radius 3 is 2.45 bits per heavy atom. The summed E-state index contributed by atoms with van der Waals surface area (Å²) in [5.74, 6) is -1.63. The average Bonchev–Trinajstić information content (AvgIpc) is 2.72. The fraction of sp³-hybridized carbons (Fsp3) is 0.312. The van der Waals surface area contributed by atoms with Crippen molar-refractivity contribution in [2.45, 2.75) is 26.3 Å². The Morgan fingerprint density at radius 1 is 1.27 bits per heavy atom. The second kappa shape index (κ2) is 6.79. The molecule has 1 atom stereocenters. The lowest BCUT2D eigenvalue weighted by molar-refractivity contribution is -0.146. The van der Waals surface area contributed by atoms with Crippen LogP contribution in [0, 0.1) is 5.92 Å². The molecule has 1 aliphatic rings. The number of carboxylic acids is 1. The number of hydrogen-bond donors (Lipinski definition) is 1. The summed E-state index contributed by atoms with van der Waals surface area (Å²) in [5.41, 5.74) is 0.795. The lowest BCUT2D eigenvalue weighted by Crippen LogP contribution is -2.44. The highest BCUT2D eigenvalue weighted by Gasteiger charge is 2.42. The molecule has 116 valence electrons. The number of hydrogen-bond acceptors (Lipinski definition) is 4. The summed E-state index contributed by atoms with van der Waals surface area (Å²) in [6.07, 6.45) is 1.85. The third-order valence-electron chi connectivity index (χ3n) is 3.21. The van der Waals surface area contributed by atoms with Gasteiger partial charge in [-0.15, -0.1) is 0 Å². The molecular weight excluding hydrogens is 302 g/mol. The number of carboxylic acid groups (broad SMARTS) is 1. The summed E-state index contributed by atoms with van der Waals surface area (Å²) in [7, 11) is 0. The zero-order chi connectivity index (χ0) is 16.3. The largest absolute Gasteiger partial charge is 0.480 e. The molecule has 1 N–H and O–H groups in total. The number of rotatable bonds is 5. The van der Waals surface area contributed by atoms with Gasteiger partial charge in [-0.2, -0.15) is 0 Å². The number of carbonyl (C=O) groups excluding carboxylic acids is 2. The Balaban J connectivity index is 2.28. The molecule has 6 heteroatoms. The minimum absolute atomic E-state index is 0.0638. The molecule has 1 heterocycles. The molecule has 0 bridgehead atoms. The van der Waals surface area contributed by atoms with Crippen LogP contribution in [0.5, 0.6) is 0 Å². The number of carbonyl (C=O) groups is 3. The molecule has 0 spiro atoms. The van der Waals surface area contributed by atoms with E-state index < -0.39 is 23.2 Å². The molecule has 1 aromatic carbocycles. The number of nitrogens with zero attached hydrogens (tertiary/aromatic N) is 1. The van der Waals surface area contributed by atoms with Gasteiger partial charge in [-0.1, -0.05) is 44.2 Å². The van der Waals surface area contributed by atoms with E-state index in [9.17, 15) is 19.5 Å². The zero-order valence-corrected chi connectivity index (χ0v) is 13.2. The van der Waals surface area contributed by atoms with E-state index >= 15 is 0 Å². The molecular formula is C16H17NO4S. The van der Waals surface area contributed by atoms with E-state index in [2.05, 4.69) is 0 Å². The molecule has 0 unspecified atom stereocenters. The molecule has 1 saturated heterocycles. The molecule has 2 amide bonds. The molecule has 0 saturated carbocycles. The molecule has 2 rings (SSSR count). The van der Waals surface area contributed by atoms with Crippen LogP contribution < -0.4 is 0 Å². The number of aliphatic carboxylic acids is 1. The SMILES string of the molecule is CC(C)C[C@@H](C(=O)O)N1C(=O)S/C(=C\c2ccccc2)C1=O. The fourth-order valence-electron chi connectivity index (χ4n) is 2.21.